The molecule has 0 aliphatic carbocycles. The summed E-state index contributed by atoms with van der Waals surface area (Å²) >= 11 is 0. The third-order valence-electron chi connectivity index (χ3n) is 14.3. The van der Waals surface area contributed by atoms with E-state index in [-0.39, 0.29) is 0 Å². The van der Waals surface area contributed by atoms with Crippen molar-refractivity contribution in [2.75, 3.05) is 0 Å². The van der Waals surface area contributed by atoms with Crippen molar-refractivity contribution in [1.29, 1.82) is 0 Å². The van der Waals surface area contributed by atoms with Gasteiger partial charge in [0.25, 0.3) is 0 Å². The second-order valence-electron chi connectivity index (χ2n) is 17.5. The Hall–Kier alpha value is -6.97. The largest absolute Gasteiger partial charge is 0.310 e. The van der Waals surface area contributed by atoms with Crippen LogP contribution in [0.15, 0.2) is 176 Å². The molecule has 63 heavy (non-hydrogen) atoms. The van der Waals surface area contributed by atoms with E-state index in [9.17, 15) is 0 Å². The lowest BCUT2D eigenvalue weighted by Gasteiger charge is -2.19. The number of fused-ring (bicyclic) bond motifs is 6. The molecule has 11 rings (SSSR count). The smallest absolute Gasteiger partial charge is 0.141 e. The van der Waals surface area contributed by atoms with E-state index in [4.69, 9.17) is 0 Å². The van der Waals surface area contributed by atoms with Crippen LogP contribution in [-0.2, 0) is 0 Å². The average Bonchev–Trinajstić information content (AvgIpc) is 3.87. The SMILES string of the molecule is Bc1c(B)c(B)c2c(c1B)c1c(B)c(-c3ccc4c(c3)c3cccc(-c5ccccc5)c3n4-c3ccccc3)c(B)c(B)c1n2-c1ccc(-c2ccc(-c3ccccc3)cc2)cc1. The van der Waals surface area contributed by atoms with Crippen molar-refractivity contribution in [1.82, 2.24) is 9.13 Å². The summed E-state index contributed by atoms with van der Waals surface area (Å²) in [6.45, 7) is 0. The van der Waals surface area contributed by atoms with E-state index in [2.05, 4.69) is 240 Å². The molecule has 9 aromatic carbocycles. The molecule has 9 heteroatoms. The number of nitrogens with zero attached hydrogens (tertiary/aromatic N) is 2. The Kier molecular flexibility index (Phi) is 9.35. The maximum atomic E-state index is 2.57. The van der Waals surface area contributed by atoms with Crippen LogP contribution in [0.3, 0.4) is 0 Å². The van der Waals surface area contributed by atoms with Crippen molar-refractivity contribution in [3.63, 3.8) is 0 Å². The Balaban J connectivity index is 1.12. The van der Waals surface area contributed by atoms with Gasteiger partial charge >= 0.3 is 0 Å². The van der Waals surface area contributed by atoms with E-state index in [0.717, 1.165) is 5.69 Å². The Morgan fingerprint density at radius 2 is 0.762 bits per heavy atom. The first-order valence-corrected chi connectivity index (χ1v) is 22.2. The van der Waals surface area contributed by atoms with Gasteiger partial charge in [-0.3, -0.25) is 0 Å². The van der Waals surface area contributed by atoms with Crippen molar-refractivity contribution in [3.8, 4) is 55.9 Å². The Morgan fingerprint density at radius 1 is 0.286 bits per heavy atom. The average molecular weight is 796 g/mol. The van der Waals surface area contributed by atoms with Crippen LogP contribution in [-0.4, -0.2) is 64.1 Å². The maximum Gasteiger partial charge on any atom is 0.141 e. The molecule has 0 saturated carbocycles. The zero-order valence-corrected chi connectivity index (χ0v) is 37.1. The summed E-state index contributed by atoms with van der Waals surface area (Å²) < 4.78 is 5.03. The lowest BCUT2D eigenvalue weighted by Crippen LogP contribution is -2.48. The number of hydrogen-bond acceptors (Lipinski definition) is 0. The molecular formula is C54H43B7N2. The van der Waals surface area contributed by atoms with Crippen molar-refractivity contribution in [3.05, 3.63) is 176 Å². The zero-order valence-electron chi connectivity index (χ0n) is 37.1. The molecule has 2 nitrogen and oxygen atoms in total. The maximum absolute atomic E-state index is 2.57. The van der Waals surface area contributed by atoms with Gasteiger partial charge < -0.3 is 9.13 Å². The predicted molar refractivity (Wildman–Crippen MR) is 294 cm³/mol. The van der Waals surface area contributed by atoms with Gasteiger partial charge in [-0.1, -0.05) is 172 Å². The molecule has 0 fully saturated rings. The molecule has 0 spiro atoms. The summed E-state index contributed by atoms with van der Waals surface area (Å²) in [5.74, 6) is 0. The quantitative estimate of drug-likeness (QED) is 0.229. The number of hydrogen-bond donors (Lipinski definition) is 0. The molecular weight excluding hydrogens is 752 g/mol. The summed E-state index contributed by atoms with van der Waals surface area (Å²) in [6, 6.07) is 64.4. The van der Waals surface area contributed by atoms with Crippen molar-refractivity contribution in [2.24, 2.45) is 0 Å². The fourth-order valence-electron chi connectivity index (χ4n) is 10.6. The lowest BCUT2D eigenvalue weighted by molar-refractivity contribution is 1.18. The van der Waals surface area contributed by atoms with E-state index in [1.807, 2.05) is 0 Å². The standard InChI is InChI=1S/C54H43B7N2/c55-45-42(35-25-28-41-40(29-35)39-18-10-17-38(34-13-6-2-7-14-34)52(39)62(41)36-15-8-3-9-16-36)46(56)50(60)53-43(45)44-47(57)48(58)49(59)51(61)54(44)63(53)37-26-23-33(24-27-37)32-21-19-31(20-22-32)30-11-4-1-5-12-30/h1-29H,55-61H2. The van der Waals surface area contributed by atoms with Crippen LogP contribution < -0.4 is 38.2 Å². The third kappa shape index (κ3) is 6.04. The second kappa shape index (κ2) is 15.1. The first-order valence-electron chi connectivity index (χ1n) is 22.2. The van der Waals surface area contributed by atoms with Gasteiger partial charge in [0.2, 0.25) is 0 Å². The van der Waals surface area contributed by atoms with Gasteiger partial charge in [0.05, 0.1) is 11.0 Å². The summed E-state index contributed by atoms with van der Waals surface area (Å²) in [5, 5.41) is 5.24. The van der Waals surface area contributed by atoms with Gasteiger partial charge in [0.1, 0.15) is 54.9 Å². The van der Waals surface area contributed by atoms with Gasteiger partial charge in [-0.05, 0) is 80.7 Å². The number of aromatic nitrogens is 2. The van der Waals surface area contributed by atoms with Crippen LogP contribution in [0.1, 0.15) is 0 Å². The molecule has 0 atom stereocenters. The van der Waals surface area contributed by atoms with Gasteiger partial charge in [0, 0.05) is 44.1 Å². The van der Waals surface area contributed by atoms with E-state index in [1.165, 1.54) is 132 Å². The monoisotopic (exact) mass is 796 g/mol. The lowest BCUT2D eigenvalue weighted by atomic mass is 9.64. The molecule has 0 radical (unpaired) electrons. The Bertz CT molecular complexity index is 3600. The molecule has 11 aromatic rings. The molecule has 0 aliphatic heterocycles. The van der Waals surface area contributed by atoms with Gasteiger partial charge in [-0.25, -0.2) is 0 Å². The summed E-state index contributed by atoms with van der Waals surface area (Å²) in [7, 11) is 16.3. The fraction of sp³-hybridized carbons (Fsp3) is 0. The molecule has 0 unspecified atom stereocenters. The van der Waals surface area contributed by atoms with Crippen molar-refractivity contribution < 1.29 is 0 Å². The predicted octanol–water partition coefficient (Wildman–Crippen LogP) is 2.36. The first-order chi connectivity index (χ1) is 30.7. The van der Waals surface area contributed by atoms with Gasteiger partial charge in [-0.15, -0.1) is 5.46 Å². The van der Waals surface area contributed by atoms with Crippen LogP contribution >= 0.6 is 0 Å². The molecule has 0 N–H and O–H groups in total. The summed E-state index contributed by atoms with van der Waals surface area (Å²) in [6.07, 6.45) is 0. The molecule has 2 heterocycles. The normalized spacial score (nSPS) is 11.6. The molecule has 290 valence electrons. The molecule has 2 aromatic heterocycles. The number of benzene rings is 9. The summed E-state index contributed by atoms with van der Waals surface area (Å²) in [5.41, 5.74) is 26.7. The van der Waals surface area contributed by atoms with E-state index in [1.54, 1.807) is 0 Å². The van der Waals surface area contributed by atoms with Crippen LogP contribution in [0.4, 0.5) is 0 Å². The van der Waals surface area contributed by atoms with E-state index in [0.29, 0.717) is 0 Å². The van der Waals surface area contributed by atoms with Gasteiger partial charge in [-0.2, -0.15) is 0 Å². The van der Waals surface area contributed by atoms with Crippen LogP contribution in [0.25, 0.3) is 99.5 Å². The fourth-order valence-corrected chi connectivity index (χ4v) is 10.6. The minimum Gasteiger partial charge on any atom is -0.310 e. The highest BCUT2D eigenvalue weighted by Gasteiger charge is 2.25. The highest BCUT2D eigenvalue weighted by Crippen LogP contribution is 2.40. The number of rotatable bonds is 6. The zero-order chi connectivity index (χ0) is 43.1. The van der Waals surface area contributed by atoms with E-state index < -0.39 is 0 Å². The van der Waals surface area contributed by atoms with Crippen LogP contribution in [0, 0.1) is 0 Å². The third-order valence-corrected chi connectivity index (χ3v) is 14.3. The van der Waals surface area contributed by atoms with Crippen LogP contribution in [0.2, 0.25) is 0 Å². The van der Waals surface area contributed by atoms with Crippen molar-refractivity contribution in [2.45, 2.75) is 0 Å². The Labute approximate surface area is 375 Å². The Morgan fingerprint density at radius 3 is 1.38 bits per heavy atom. The van der Waals surface area contributed by atoms with Gasteiger partial charge in [0.15, 0.2) is 0 Å². The van der Waals surface area contributed by atoms with Crippen LogP contribution in [0.5, 0.6) is 0 Å². The molecule has 0 amide bonds. The highest BCUT2D eigenvalue weighted by molar-refractivity contribution is 6.69. The highest BCUT2D eigenvalue weighted by atomic mass is 15.0. The minimum absolute atomic E-state index is 1.16. The summed E-state index contributed by atoms with van der Waals surface area (Å²) in [4.78, 5) is 0. The topological polar surface area (TPSA) is 9.86 Å². The molecule has 0 aliphatic rings. The first kappa shape index (κ1) is 38.9. The molecule has 0 saturated heterocycles. The minimum atomic E-state index is 1.16. The molecule has 0 bridgehead atoms. The van der Waals surface area contributed by atoms with Crippen molar-refractivity contribution >= 4 is 137 Å². The van der Waals surface area contributed by atoms with E-state index >= 15 is 0 Å². The second-order valence-corrected chi connectivity index (χ2v) is 17.5. The number of para-hydroxylation sites is 2.